The van der Waals surface area contributed by atoms with E-state index in [4.69, 9.17) is 5.11 Å². The highest BCUT2D eigenvalue weighted by Gasteiger charge is 2.31. The lowest BCUT2D eigenvalue weighted by Crippen LogP contribution is -2.21. The molecule has 0 fully saturated rings. The molecule has 0 heterocycles. The van der Waals surface area contributed by atoms with E-state index < -0.39 is 30.6 Å². The van der Waals surface area contributed by atoms with Gasteiger partial charge in [-0.2, -0.15) is 0 Å². The van der Waals surface area contributed by atoms with E-state index in [1.807, 2.05) is 0 Å². The molecule has 11 heteroatoms. The third-order valence-electron chi connectivity index (χ3n) is 3.33. The van der Waals surface area contributed by atoms with Crippen LogP contribution >= 0.6 is 0 Å². The van der Waals surface area contributed by atoms with Gasteiger partial charge in [0.05, 0.1) is 18.9 Å². The van der Waals surface area contributed by atoms with E-state index in [0.717, 1.165) is 24.3 Å². The summed E-state index contributed by atoms with van der Waals surface area (Å²) < 4.78 is 54.7. The molecule has 2 rings (SSSR count). The molecule has 28 heavy (non-hydrogen) atoms. The van der Waals surface area contributed by atoms with E-state index in [2.05, 4.69) is 20.7 Å². The number of amides is 2. The number of hydrogen-bond donors (Lipinski definition) is 5. The van der Waals surface area contributed by atoms with Crippen molar-refractivity contribution in [1.29, 1.82) is 0 Å². The van der Waals surface area contributed by atoms with Crippen LogP contribution in [-0.2, 0) is 6.61 Å². The standard InChI is InChI=1S/C17H17F4N3O4/c18-11-2-1-10(9-26)15(5-11)24-16(27)23-13-6-12(22-3-4-25)7-14(8-13)28-17(19,20)21/h1-2,5-8,22,25-26H,3-4,9H2,(H2,23,24,27). The molecule has 152 valence electrons. The highest BCUT2D eigenvalue weighted by molar-refractivity contribution is 6.00. The van der Waals surface area contributed by atoms with Crippen molar-refractivity contribution in [3.8, 4) is 5.75 Å². The van der Waals surface area contributed by atoms with Crippen LogP contribution in [0.2, 0.25) is 0 Å². The molecule has 0 aliphatic rings. The first-order valence-corrected chi connectivity index (χ1v) is 7.93. The Morgan fingerprint density at radius 1 is 1.04 bits per heavy atom. The van der Waals surface area contributed by atoms with Crippen LogP contribution in [0.5, 0.6) is 5.75 Å². The molecule has 2 aromatic rings. The fourth-order valence-corrected chi connectivity index (χ4v) is 2.25. The first-order chi connectivity index (χ1) is 13.2. The molecule has 0 spiro atoms. The van der Waals surface area contributed by atoms with Crippen LogP contribution < -0.4 is 20.7 Å². The van der Waals surface area contributed by atoms with Gasteiger partial charge >= 0.3 is 12.4 Å². The molecule has 0 aliphatic heterocycles. The summed E-state index contributed by atoms with van der Waals surface area (Å²) in [6.07, 6.45) is -4.94. The Hall–Kier alpha value is -3.05. The molecule has 2 aromatic carbocycles. The van der Waals surface area contributed by atoms with Gasteiger partial charge in [-0.1, -0.05) is 6.07 Å². The van der Waals surface area contributed by atoms with Gasteiger partial charge in [0.15, 0.2) is 0 Å². The summed E-state index contributed by atoms with van der Waals surface area (Å²) in [6.45, 7) is -0.665. The summed E-state index contributed by atoms with van der Waals surface area (Å²) >= 11 is 0. The number of anilines is 3. The molecule has 2 amide bonds. The first-order valence-electron chi connectivity index (χ1n) is 7.93. The minimum absolute atomic E-state index is 0.00123. The van der Waals surface area contributed by atoms with Gasteiger partial charge in [0, 0.05) is 35.6 Å². The highest BCUT2D eigenvalue weighted by atomic mass is 19.4. The molecule has 0 saturated heterocycles. The van der Waals surface area contributed by atoms with Crippen LogP contribution in [0.15, 0.2) is 36.4 Å². The number of hydrogen-bond acceptors (Lipinski definition) is 5. The number of benzene rings is 2. The smallest absolute Gasteiger partial charge is 0.406 e. The molecule has 0 unspecified atom stereocenters. The van der Waals surface area contributed by atoms with Crippen molar-refractivity contribution in [2.45, 2.75) is 13.0 Å². The Kier molecular flexibility index (Phi) is 7.01. The molecule has 0 aromatic heterocycles. The lowest BCUT2D eigenvalue weighted by atomic mass is 10.2. The zero-order chi connectivity index (χ0) is 20.7. The van der Waals surface area contributed by atoms with Crippen molar-refractivity contribution < 1.29 is 37.3 Å². The summed E-state index contributed by atoms with van der Waals surface area (Å²) in [5.74, 6) is -1.24. The average molecular weight is 403 g/mol. The Labute approximate surface area is 156 Å². The Bertz CT molecular complexity index is 831. The highest BCUT2D eigenvalue weighted by Crippen LogP contribution is 2.29. The first kappa shape index (κ1) is 21.3. The van der Waals surface area contributed by atoms with Crippen LogP contribution in [-0.4, -0.2) is 35.8 Å². The van der Waals surface area contributed by atoms with E-state index >= 15 is 0 Å². The average Bonchev–Trinajstić information content (AvgIpc) is 2.58. The minimum Gasteiger partial charge on any atom is -0.406 e. The number of halogens is 4. The second-order valence-corrected chi connectivity index (χ2v) is 5.48. The van der Waals surface area contributed by atoms with E-state index in [-0.39, 0.29) is 35.8 Å². The summed E-state index contributed by atoms with van der Waals surface area (Å²) in [6, 6.07) is 5.79. The van der Waals surface area contributed by atoms with Crippen molar-refractivity contribution in [3.05, 3.63) is 47.8 Å². The maximum absolute atomic E-state index is 13.3. The normalized spacial score (nSPS) is 11.1. The third kappa shape index (κ3) is 6.59. The fraction of sp³-hybridized carbons (Fsp3) is 0.235. The van der Waals surface area contributed by atoms with Gasteiger partial charge in [-0.3, -0.25) is 0 Å². The van der Waals surface area contributed by atoms with E-state index in [1.165, 1.54) is 12.1 Å². The van der Waals surface area contributed by atoms with Crippen molar-refractivity contribution in [2.75, 3.05) is 29.1 Å². The third-order valence-corrected chi connectivity index (χ3v) is 3.33. The van der Waals surface area contributed by atoms with E-state index in [1.54, 1.807) is 0 Å². The number of urea groups is 1. The molecule has 0 aliphatic carbocycles. The summed E-state index contributed by atoms with van der Waals surface area (Å²) in [7, 11) is 0. The van der Waals surface area contributed by atoms with Gasteiger partial charge in [0.25, 0.3) is 0 Å². The second kappa shape index (κ2) is 9.24. The van der Waals surface area contributed by atoms with Gasteiger partial charge in [0.2, 0.25) is 0 Å². The van der Waals surface area contributed by atoms with Gasteiger partial charge in [0.1, 0.15) is 11.6 Å². The van der Waals surface area contributed by atoms with Crippen LogP contribution in [0.4, 0.5) is 39.4 Å². The fourth-order valence-electron chi connectivity index (χ4n) is 2.25. The van der Waals surface area contributed by atoms with E-state index in [0.29, 0.717) is 0 Å². The summed E-state index contributed by atoms with van der Waals surface area (Å²) in [4.78, 5) is 12.1. The Balaban J connectivity index is 2.20. The molecule has 0 bridgehead atoms. The lowest BCUT2D eigenvalue weighted by Gasteiger charge is -2.15. The number of rotatable bonds is 7. The zero-order valence-corrected chi connectivity index (χ0v) is 14.3. The quantitative estimate of drug-likeness (QED) is 0.457. The van der Waals surface area contributed by atoms with Crippen molar-refractivity contribution >= 4 is 23.1 Å². The number of aliphatic hydroxyl groups is 2. The summed E-state index contributed by atoms with van der Waals surface area (Å²) in [5, 5.41) is 25.3. The maximum Gasteiger partial charge on any atom is 0.573 e. The monoisotopic (exact) mass is 403 g/mol. The van der Waals surface area contributed by atoms with Crippen molar-refractivity contribution in [2.24, 2.45) is 0 Å². The molecular weight excluding hydrogens is 386 g/mol. The lowest BCUT2D eigenvalue weighted by molar-refractivity contribution is -0.274. The largest absolute Gasteiger partial charge is 0.573 e. The topological polar surface area (TPSA) is 103 Å². The molecule has 0 radical (unpaired) electrons. The number of carbonyl (C=O) groups excluding carboxylic acids is 1. The number of carbonyl (C=O) groups is 1. The summed E-state index contributed by atoms with van der Waals surface area (Å²) in [5.41, 5.74) is 0.354. The minimum atomic E-state index is -4.94. The predicted octanol–water partition coefficient (Wildman–Crippen LogP) is 3.26. The Morgan fingerprint density at radius 2 is 1.75 bits per heavy atom. The molecule has 7 nitrogen and oxygen atoms in total. The van der Waals surface area contributed by atoms with Gasteiger partial charge in [-0.15, -0.1) is 13.2 Å². The van der Waals surface area contributed by atoms with Gasteiger partial charge in [-0.25, -0.2) is 9.18 Å². The number of ether oxygens (including phenoxy) is 1. The molecule has 5 N–H and O–H groups in total. The SMILES string of the molecule is O=C(Nc1cc(NCCO)cc(OC(F)(F)F)c1)Nc1cc(F)ccc1CO. The number of nitrogens with one attached hydrogen (secondary N) is 3. The van der Waals surface area contributed by atoms with Crippen molar-refractivity contribution in [1.82, 2.24) is 0 Å². The molecule has 0 atom stereocenters. The van der Waals surface area contributed by atoms with Crippen LogP contribution in [0.25, 0.3) is 0 Å². The predicted molar refractivity (Wildman–Crippen MR) is 93.7 cm³/mol. The van der Waals surface area contributed by atoms with E-state index in [9.17, 15) is 27.5 Å². The number of aliphatic hydroxyl groups excluding tert-OH is 2. The van der Waals surface area contributed by atoms with Gasteiger partial charge < -0.3 is 30.9 Å². The second-order valence-electron chi connectivity index (χ2n) is 5.48. The van der Waals surface area contributed by atoms with Gasteiger partial charge in [-0.05, 0) is 18.2 Å². The zero-order valence-electron chi connectivity index (χ0n) is 14.3. The van der Waals surface area contributed by atoms with Crippen LogP contribution in [0, 0.1) is 5.82 Å². The molecular formula is C17H17F4N3O4. The molecule has 0 saturated carbocycles. The number of alkyl halides is 3. The van der Waals surface area contributed by atoms with Crippen LogP contribution in [0.1, 0.15) is 5.56 Å². The van der Waals surface area contributed by atoms with Crippen molar-refractivity contribution in [3.63, 3.8) is 0 Å². The van der Waals surface area contributed by atoms with Crippen LogP contribution in [0.3, 0.4) is 0 Å². The Morgan fingerprint density at radius 3 is 2.39 bits per heavy atom. The maximum atomic E-state index is 13.3.